The molecule has 0 fully saturated rings. The molecule has 0 radical (unpaired) electrons. The summed E-state index contributed by atoms with van der Waals surface area (Å²) >= 11 is 0. The van der Waals surface area contributed by atoms with Gasteiger partial charge in [0.25, 0.3) is 0 Å². The maximum Gasteiger partial charge on any atom is 0.240 e. The third kappa shape index (κ3) is 4.20. The molecule has 0 saturated carbocycles. The molecule has 0 saturated heterocycles. The van der Waals surface area contributed by atoms with Crippen LogP contribution in [-0.2, 0) is 16.6 Å². The first-order valence-corrected chi connectivity index (χ1v) is 9.27. The lowest BCUT2D eigenvalue weighted by Gasteiger charge is -2.15. The van der Waals surface area contributed by atoms with Gasteiger partial charge in [-0.2, -0.15) is 0 Å². The molecule has 8 heteroatoms. The second kappa shape index (κ2) is 8.29. The van der Waals surface area contributed by atoms with E-state index < -0.39 is 10.0 Å². The van der Waals surface area contributed by atoms with Crippen molar-refractivity contribution in [3.05, 3.63) is 41.5 Å². The van der Waals surface area contributed by atoms with Gasteiger partial charge in [0, 0.05) is 6.54 Å². The van der Waals surface area contributed by atoms with Crippen LogP contribution in [0.15, 0.2) is 35.2 Å². The third-order valence-electron chi connectivity index (χ3n) is 3.87. The third-order valence-corrected chi connectivity index (χ3v) is 5.27. The lowest BCUT2D eigenvalue weighted by molar-refractivity contribution is 0.323. The van der Waals surface area contributed by atoms with E-state index in [1.165, 1.54) is 27.4 Å². The Bertz CT molecular complexity index is 854. The Kier molecular flexibility index (Phi) is 6.33. The Morgan fingerprint density at radius 2 is 1.42 bits per heavy atom. The fraction of sp³-hybridized carbons (Fsp3) is 0.333. The van der Waals surface area contributed by atoms with Crippen molar-refractivity contribution in [3.63, 3.8) is 0 Å². The summed E-state index contributed by atoms with van der Waals surface area (Å²) in [5.74, 6) is 2.00. The van der Waals surface area contributed by atoms with E-state index in [4.69, 9.17) is 18.9 Å². The molecular weight excluding hydrogens is 358 g/mol. The smallest absolute Gasteiger partial charge is 0.240 e. The van der Waals surface area contributed by atoms with E-state index in [1.807, 2.05) is 0 Å². The van der Waals surface area contributed by atoms with Crippen LogP contribution >= 0.6 is 0 Å². The molecule has 2 rings (SSSR count). The van der Waals surface area contributed by atoms with Crippen LogP contribution in [-0.4, -0.2) is 36.9 Å². The predicted molar refractivity (Wildman–Crippen MR) is 97.9 cm³/mol. The monoisotopic (exact) mass is 381 g/mol. The van der Waals surface area contributed by atoms with E-state index in [0.29, 0.717) is 28.6 Å². The van der Waals surface area contributed by atoms with Gasteiger partial charge in [-0.3, -0.25) is 0 Å². The summed E-state index contributed by atoms with van der Waals surface area (Å²) < 4.78 is 48.7. The topological polar surface area (TPSA) is 83.1 Å². The molecule has 2 aromatic carbocycles. The van der Waals surface area contributed by atoms with E-state index in [-0.39, 0.29) is 11.4 Å². The molecule has 0 spiro atoms. The Hall–Kier alpha value is -2.45. The van der Waals surface area contributed by atoms with Gasteiger partial charge in [-0.15, -0.1) is 0 Å². The minimum Gasteiger partial charge on any atom is -0.496 e. The summed E-state index contributed by atoms with van der Waals surface area (Å²) in [5, 5.41) is 0. The second-order valence-corrected chi connectivity index (χ2v) is 7.26. The number of sulfonamides is 1. The summed E-state index contributed by atoms with van der Waals surface area (Å²) in [7, 11) is 2.38. The SMILES string of the molecule is COc1ccc(S(=O)(=O)NCc2cc(OC)c(OC)c(OC)c2)cc1C. The zero-order chi connectivity index (χ0) is 19.3. The van der Waals surface area contributed by atoms with Gasteiger partial charge in [0.2, 0.25) is 15.8 Å². The summed E-state index contributed by atoms with van der Waals surface area (Å²) in [6.45, 7) is 1.86. The van der Waals surface area contributed by atoms with E-state index in [0.717, 1.165) is 5.56 Å². The summed E-state index contributed by atoms with van der Waals surface area (Å²) in [4.78, 5) is 0.170. The lowest BCUT2D eigenvalue weighted by atomic mass is 10.2. The number of benzene rings is 2. The van der Waals surface area contributed by atoms with Gasteiger partial charge in [0.15, 0.2) is 11.5 Å². The molecule has 0 atom stereocenters. The maximum atomic E-state index is 12.6. The molecule has 0 aliphatic heterocycles. The highest BCUT2D eigenvalue weighted by atomic mass is 32.2. The van der Waals surface area contributed by atoms with Crippen LogP contribution in [0.1, 0.15) is 11.1 Å². The summed E-state index contributed by atoms with van der Waals surface area (Å²) in [6, 6.07) is 8.09. The lowest BCUT2D eigenvalue weighted by Crippen LogP contribution is -2.23. The van der Waals surface area contributed by atoms with Crippen LogP contribution in [0.3, 0.4) is 0 Å². The predicted octanol–water partition coefficient (Wildman–Crippen LogP) is 2.51. The summed E-state index contributed by atoms with van der Waals surface area (Å²) in [6.07, 6.45) is 0. The molecule has 0 aromatic heterocycles. The molecular formula is C18H23NO6S. The quantitative estimate of drug-likeness (QED) is 0.757. The molecule has 2 aromatic rings. The average Bonchev–Trinajstić information content (AvgIpc) is 2.65. The first-order valence-electron chi connectivity index (χ1n) is 7.79. The Labute approximate surface area is 153 Å². The Morgan fingerprint density at radius 1 is 0.846 bits per heavy atom. The van der Waals surface area contributed by atoms with Crippen molar-refractivity contribution in [2.45, 2.75) is 18.4 Å². The first-order chi connectivity index (χ1) is 12.4. The first kappa shape index (κ1) is 19.9. The number of hydrogen-bond acceptors (Lipinski definition) is 6. The van der Waals surface area contributed by atoms with Crippen molar-refractivity contribution in [2.24, 2.45) is 0 Å². The second-order valence-electron chi connectivity index (χ2n) is 5.49. The number of nitrogens with one attached hydrogen (secondary N) is 1. The molecule has 0 unspecified atom stereocenters. The van der Waals surface area contributed by atoms with Gasteiger partial charge >= 0.3 is 0 Å². The van der Waals surface area contributed by atoms with E-state index in [1.54, 1.807) is 38.3 Å². The Balaban J connectivity index is 2.25. The number of aryl methyl sites for hydroxylation is 1. The van der Waals surface area contributed by atoms with Crippen LogP contribution in [0.4, 0.5) is 0 Å². The molecule has 7 nitrogen and oxygen atoms in total. The number of hydrogen-bond donors (Lipinski definition) is 1. The van der Waals surface area contributed by atoms with Crippen LogP contribution in [0, 0.1) is 6.92 Å². The standard InChI is InChI=1S/C18H23NO6S/c1-12-8-14(6-7-15(12)22-2)26(20,21)19-11-13-9-16(23-3)18(25-5)17(10-13)24-4/h6-10,19H,11H2,1-5H3. The molecule has 26 heavy (non-hydrogen) atoms. The van der Waals surface area contributed by atoms with Crippen molar-refractivity contribution < 1.29 is 27.4 Å². The van der Waals surface area contributed by atoms with Gasteiger partial charge in [-0.25, -0.2) is 13.1 Å². The highest BCUT2D eigenvalue weighted by Gasteiger charge is 2.17. The van der Waals surface area contributed by atoms with Crippen molar-refractivity contribution in [1.29, 1.82) is 0 Å². The van der Waals surface area contributed by atoms with Crippen molar-refractivity contribution in [3.8, 4) is 23.0 Å². The highest BCUT2D eigenvalue weighted by Crippen LogP contribution is 2.38. The zero-order valence-electron chi connectivity index (χ0n) is 15.5. The average molecular weight is 381 g/mol. The van der Waals surface area contributed by atoms with Crippen molar-refractivity contribution in [2.75, 3.05) is 28.4 Å². The van der Waals surface area contributed by atoms with Crippen molar-refractivity contribution in [1.82, 2.24) is 4.72 Å². The normalized spacial score (nSPS) is 11.1. The van der Waals surface area contributed by atoms with Crippen LogP contribution < -0.4 is 23.7 Å². The molecule has 0 bridgehead atoms. The van der Waals surface area contributed by atoms with E-state index in [9.17, 15) is 8.42 Å². The maximum absolute atomic E-state index is 12.6. The minimum atomic E-state index is -3.68. The molecule has 0 amide bonds. The molecule has 1 N–H and O–H groups in total. The fourth-order valence-corrected chi connectivity index (χ4v) is 3.62. The molecule has 0 aliphatic carbocycles. The number of rotatable bonds is 8. The zero-order valence-corrected chi connectivity index (χ0v) is 16.3. The van der Waals surface area contributed by atoms with Crippen LogP contribution in [0.25, 0.3) is 0 Å². The Morgan fingerprint density at radius 3 is 1.88 bits per heavy atom. The fourth-order valence-electron chi connectivity index (χ4n) is 2.52. The van der Waals surface area contributed by atoms with Gasteiger partial charge in [0.1, 0.15) is 5.75 Å². The van der Waals surface area contributed by atoms with E-state index in [2.05, 4.69) is 4.72 Å². The van der Waals surface area contributed by atoms with Crippen LogP contribution in [0.2, 0.25) is 0 Å². The van der Waals surface area contributed by atoms with Gasteiger partial charge in [-0.05, 0) is 48.4 Å². The minimum absolute atomic E-state index is 0.0735. The van der Waals surface area contributed by atoms with Gasteiger partial charge < -0.3 is 18.9 Å². The highest BCUT2D eigenvalue weighted by molar-refractivity contribution is 7.89. The largest absolute Gasteiger partial charge is 0.496 e. The molecule has 0 heterocycles. The summed E-state index contributed by atoms with van der Waals surface area (Å²) in [5.41, 5.74) is 1.41. The number of methoxy groups -OCH3 is 4. The van der Waals surface area contributed by atoms with Crippen molar-refractivity contribution >= 4 is 10.0 Å². The number of ether oxygens (including phenoxy) is 4. The van der Waals surface area contributed by atoms with Gasteiger partial charge in [-0.1, -0.05) is 0 Å². The van der Waals surface area contributed by atoms with E-state index >= 15 is 0 Å². The van der Waals surface area contributed by atoms with Crippen LogP contribution in [0.5, 0.6) is 23.0 Å². The molecule has 142 valence electrons. The van der Waals surface area contributed by atoms with Gasteiger partial charge in [0.05, 0.1) is 33.3 Å². The molecule has 0 aliphatic rings.